The molecule has 0 fully saturated rings. The molecule has 2 N–H and O–H groups in total. The molecule has 0 saturated heterocycles. The molecule has 5 heteroatoms. The van der Waals surface area contributed by atoms with Crippen LogP contribution < -0.4 is 5.73 Å². The largest absolute Gasteiger partial charge is 0.466 e. The molecule has 0 amide bonds. The van der Waals surface area contributed by atoms with Crippen molar-refractivity contribution in [2.24, 2.45) is 5.73 Å². The Kier molecular flexibility index (Phi) is 15.2. The molecule has 0 bridgehead atoms. The van der Waals surface area contributed by atoms with Gasteiger partial charge in [-0.25, -0.2) is 0 Å². The minimum absolute atomic E-state index is 0.198. The zero-order valence-corrected chi connectivity index (χ0v) is 12.4. The van der Waals surface area contributed by atoms with Crippen LogP contribution in [0.25, 0.3) is 0 Å². The average Bonchev–Trinajstić information content (AvgIpc) is 2.36. The van der Waals surface area contributed by atoms with E-state index in [1.54, 1.807) is 13.8 Å². The van der Waals surface area contributed by atoms with E-state index in [1.807, 2.05) is 6.92 Å². The molecule has 0 unspecified atom stereocenters. The van der Waals surface area contributed by atoms with Gasteiger partial charge in [-0.3, -0.25) is 9.59 Å². The maximum atomic E-state index is 10.9. The summed E-state index contributed by atoms with van der Waals surface area (Å²) in [6.45, 7) is 9.80. The van der Waals surface area contributed by atoms with Gasteiger partial charge in [0.15, 0.2) is 0 Å². The number of allylic oxidation sites excluding steroid dienone is 1. The molecule has 0 saturated carbocycles. The second kappa shape index (κ2) is 14.5. The molecule has 112 valence electrons. The number of unbranched alkanes of at least 4 members (excludes halogenated alkanes) is 1. The van der Waals surface area contributed by atoms with E-state index in [2.05, 4.69) is 6.58 Å². The highest BCUT2D eigenvalue weighted by Gasteiger charge is 2.04. The number of nitrogens with two attached hydrogens (primary N) is 1. The quantitative estimate of drug-likeness (QED) is 0.543. The third-order valence-electron chi connectivity index (χ3n) is 2.08. The second-order valence-electron chi connectivity index (χ2n) is 3.83. The molecular weight excluding hydrogens is 246 g/mol. The number of esters is 2. The van der Waals surface area contributed by atoms with E-state index < -0.39 is 0 Å². The lowest BCUT2D eigenvalue weighted by atomic mass is 10.2. The van der Waals surface area contributed by atoms with Gasteiger partial charge in [-0.15, -0.1) is 0 Å². The Hall–Kier alpha value is -1.52. The fourth-order valence-corrected chi connectivity index (χ4v) is 1.00. The van der Waals surface area contributed by atoms with Gasteiger partial charge in [0, 0.05) is 18.5 Å². The van der Waals surface area contributed by atoms with Gasteiger partial charge in [0.1, 0.15) is 0 Å². The smallest absolute Gasteiger partial charge is 0.305 e. The van der Waals surface area contributed by atoms with Gasteiger partial charge >= 0.3 is 11.9 Å². The van der Waals surface area contributed by atoms with E-state index in [0.717, 1.165) is 12.1 Å². The molecule has 0 aromatic carbocycles. The first-order valence-electron chi connectivity index (χ1n) is 6.72. The predicted molar refractivity (Wildman–Crippen MR) is 75.4 cm³/mol. The molecule has 0 spiro atoms. The lowest BCUT2D eigenvalue weighted by molar-refractivity contribution is -0.145. The summed E-state index contributed by atoms with van der Waals surface area (Å²) in [5.74, 6) is -0.396. The minimum atomic E-state index is -0.198. The van der Waals surface area contributed by atoms with E-state index in [0.29, 0.717) is 38.9 Å². The molecule has 0 aromatic rings. The number of carbonyl (C=O) groups is 2. The van der Waals surface area contributed by atoms with Crippen molar-refractivity contribution in [2.45, 2.75) is 52.9 Å². The second-order valence-corrected chi connectivity index (χ2v) is 3.83. The van der Waals surface area contributed by atoms with E-state index in [4.69, 9.17) is 15.2 Å². The van der Waals surface area contributed by atoms with Gasteiger partial charge in [-0.2, -0.15) is 0 Å². The van der Waals surface area contributed by atoms with Crippen molar-refractivity contribution in [1.82, 2.24) is 0 Å². The standard InChI is InChI=1S/C10H18O4.C4H9N/c1-3-13-9(11)7-5-6-8-10(12)14-4-2;1-3-4(2)5/h3-8H2,1-2H3;2-3,5H2,1H3. The van der Waals surface area contributed by atoms with Crippen LogP contribution in [0.15, 0.2) is 12.3 Å². The van der Waals surface area contributed by atoms with Crippen molar-refractivity contribution in [3.05, 3.63) is 12.3 Å². The SMILES string of the molecule is C=C(N)CC.CCOC(=O)CCCCC(=O)OCC. The van der Waals surface area contributed by atoms with Gasteiger partial charge in [-0.05, 0) is 33.1 Å². The molecule has 0 aliphatic heterocycles. The normalized spacial score (nSPS) is 9.00. The topological polar surface area (TPSA) is 78.6 Å². The first-order chi connectivity index (χ1) is 8.97. The summed E-state index contributed by atoms with van der Waals surface area (Å²) in [5, 5.41) is 0. The number of carbonyl (C=O) groups excluding carboxylic acids is 2. The lowest BCUT2D eigenvalue weighted by Gasteiger charge is -2.02. The lowest BCUT2D eigenvalue weighted by Crippen LogP contribution is -2.06. The molecule has 0 rings (SSSR count). The summed E-state index contributed by atoms with van der Waals surface area (Å²) < 4.78 is 9.48. The molecule has 5 nitrogen and oxygen atoms in total. The zero-order valence-electron chi connectivity index (χ0n) is 12.4. The maximum absolute atomic E-state index is 10.9. The van der Waals surface area contributed by atoms with E-state index >= 15 is 0 Å². The summed E-state index contributed by atoms with van der Waals surface area (Å²) in [7, 11) is 0. The third kappa shape index (κ3) is 19.0. The van der Waals surface area contributed by atoms with Crippen molar-refractivity contribution in [1.29, 1.82) is 0 Å². The molecular formula is C14H27NO4. The molecule has 0 aliphatic carbocycles. The van der Waals surface area contributed by atoms with Crippen LogP contribution in [0.5, 0.6) is 0 Å². The summed E-state index contributed by atoms with van der Waals surface area (Å²) in [6, 6.07) is 0. The van der Waals surface area contributed by atoms with Gasteiger partial charge in [0.05, 0.1) is 13.2 Å². The zero-order chi connectivity index (χ0) is 15.1. The van der Waals surface area contributed by atoms with Crippen molar-refractivity contribution < 1.29 is 19.1 Å². The van der Waals surface area contributed by atoms with Crippen LogP contribution in [-0.2, 0) is 19.1 Å². The van der Waals surface area contributed by atoms with Crippen molar-refractivity contribution in [2.75, 3.05) is 13.2 Å². The molecule has 0 radical (unpaired) electrons. The number of ether oxygens (including phenoxy) is 2. The Morgan fingerprint density at radius 2 is 1.26 bits per heavy atom. The fourth-order valence-electron chi connectivity index (χ4n) is 1.00. The number of hydrogen-bond acceptors (Lipinski definition) is 5. The minimum Gasteiger partial charge on any atom is -0.466 e. The summed E-state index contributed by atoms with van der Waals surface area (Å²) >= 11 is 0. The molecule has 0 heterocycles. The van der Waals surface area contributed by atoms with Crippen LogP contribution in [-0.4, -0.2) is 25.2 Å². The van der Waals surface area contributed by atoms with Crippen LogP contribution in [0.2, 0.25) is 0 Å². The van der Waals surface area contributed by atoms with Gasteiger partial charge in [0.25, 0.3) is 0 Å². The predicted octanol–water partition coefficient (Wildman–Crippen LogP) is 2.54. The van der Waals surface area contributed by atoms with Crippen LogP contribution in [0.3, 0.4) is 0 Å². The Morgan fingerprint density at radius 3 is 1.47 bits per heavy atom. The highest BCUT2D eigenvalue weighted by Crippen LogP contribution is 2.02. The molecule has 0 atom stereocenters. The fraction of sp³-hybridized carbons (Fsp3) is 0.714. The first-order valence-corrected chi connectivity index (χ1v) is 6.72. The Morgan fingerprint density at radius 1 is 0.947 bits per heavy atom. The maximum Gasteiger partial charge on any atom is 0.305 e. The highest BCUT2D eigenvalue weighted by atomic mass is 16.5. The highest BCUT2D eigenvalue weighted by molar-refractivity contribution is 5.70. The third-order valence-corrected chi connectivity index (χ3v) is 2.08. The Labute approximate surface area is 116 Å². The number of hydrogen-bond donors (Lipinski definition) is 1. The van der Waals surface area contributed by atoms with E-state index in [9.17, 15) is 9.59 Å². The van der Waals surface area contributed by atoms with Crippen LogP contribution in [0.4, 0.5) is 0 Å². The first kappa shape index (κ1) is 19.8. The van der Waals surface area contributed by atoms with Crippen molar-refractivity contribution in [3.63, 3.8) is 0 Å². The average molecular weight is 273 g/mol. The molecule has 0 aliphatic rings. The van der Waals surface area contributed by atoms with Crippen molar-refractivity contribution in [3.8, 4) is 0 Å². The Bertz CT molecular complexity index is 244. The van der Waals surface area contributed by atoms with Gasteiger partial charge < -0.3 is 15.2 Å². The summed E-state index contributed by atoms with van der Waals surface area (Å²) in [4.78, 5) is 21.8. The van der Waals surface area contributed by atoms with E-state index in [-0.39, 0.29) is 11.9 Å². The molecule has 19 heavy (non-hydrogen) atoms. The van der Waals surface area contributed by atoms with Crippen LogP contribution >= 0.6 is 0 Å². The molecule has 0 aromatic heterocycles. The van der Waals surface area contributed by atoms with Crippen LogP contribution in [0.1, 0.15) is 52.9 Å². The summed E-state index contributed by atoms with van der Waals surface area (Å²) in [5.41, 5.74) is 5.85. The van der Waals surface area contributed by atoms with Crippen molar-refractivity contribution >= 4 is 11.9 Å². The Balaban J connectivity index is 0. The summed E-state index contributed by atoms with van der Waals surface area (Å²) in [6.07, 6.45) is 3.01. The van der Waals surface area contributed by atoms with E-state index in [1.165, 1.54) is 0 Å². The van der Waals surface area contributed by atoms with Gasteiger partial charge in [0.2, 0.25) is 0 Å². The van der Waals surface area contributed by atoms with Gasteiger partial charge in [-0.1, -0.05) is 13.5 Å². The van der Waals surface area contributed by atoms with Crippen LogP contribution in [0, 0.1) is 0 Å². The number of rotatable bonds is 8. The monoisotopic (exact) mass is 273 g/mol.